The molecule has 0 aliphatic carbocycles. The van der Waals surface area contributed by atoms with E-state index in [1.807, 2.05) is 6.07 Å². The molecule has 0 bridgehead atoms. The maximum atomic E-state index is 13.3. The maximum Gasteiger partial charge on any atom is 0.416 e. The Bertz CT molecular complexity index is 1410. The second kappa shape index (κ2) is 8.69. The lowest BCUT2D eigenvalue weighted by Gasteiger charge is -2.16. The Balaban J connectivity index is 1.86. The monoisotopic (exact) mass is 471 g/mol. The molecule has 4 aromatic rings. The summed E-state index contributed by atoms with van der Waals surface area (Å²) in [6.07, 6.45) is -4.59. The molecule has 160 valence electrons. The van der Waals surface area contributed by atoms with E-state index in [0.717, 1.165) is 28.3 Å². The van der Waals surface area contributed by atoms with Crippen molar-refractivity contribution in [2.75, 3.05) is 0 Å². The fourth-order valence-electron chi connectivity index (χ4n) is 3.11. The van der Waals surface area contributed by atoms with Gasteiger partial charge in [0, 0.05) is 5.75 Å². The Labute approximate surface area is 189 Å². The van der Waals surface area contributed by atoms with E-state index in [1.54, 1.807) is 48.5 Å². The predicted molar refractivity (Wildman–Crippen MR) is 118 cm³/mol. The summed E-state index contributed by atoms with van der Waals surface area (Å²) in [5.41, 5.74) is 0.277. The van der Waals surface area contributed by atoms with Crippen LogP contribution >= 0.6 is 23.4 Å². The molecule has 4 nitrogen and oxygen atoms in total. The molecule has 0 unspecified atom stereocenters. The molecule has 0 spiro atoms. The van der Waals surface area contributed by atoms with Crippen LogP contribution in [0, 0.1) is 11.3 Å². The van der Waals surface area contributed by atoms with Crippen LogP contribution in [0.4, 0.5) is 13.2 Å². The standard InChI is InChI=1S/C23H13ClF3N3OS/c24-18-10-9-16(23(25,26)27)11-20(18)30-21(31)17-3-1-2-4-19(17)29-22(30)32-13-15-7-5-14(12-28)6-8-15/h1-11H,13H2. The highest BCUT2D eigenvalue weighted by Gasteiger charge is 2.31. The smallest absolute Gasteiger partial charge is 0.268 e. The van der Waals surface area contributed by atoms with Crippen molar-refractivity contribution in [3.8, 4) is 11.8 Å². The van der Waals surface area contributed by atoms with Crippen LogP contribution in [0.2, 0.25) is 5.02 Å². The molecule has 0 amide bonds. The third-order valence-corrected chi connectivity index (χ3v) is 6.04. The first-order chi connectivity index (χ1) is 15.3. The van der Waals surface area contributed by atoms with Crippen LogP contribution < -0.4 is 5.56 Å². The van der Waals surface area contributed by atoms with Gasteiger partial charge in [-0.2, -0.15) is 18.4 Å². The molecule has 9 heteroatoms. The summed E-state index contributed by atoms with van der Waals surface area (Å²) in [4.78, 5) is 17.8. The summed E-state index contributed by atoms with van der Waals surface area (Å²) in [6, 6.07) is 18.4. The van der Waals surface area contributed by atoms with E-state index in [2.05, 4.69) is 4.98 Å². The first-order valence-corrected chi connectivity index (χ1v) is 10.6. The lowest BCUT2D eigenvalue weighted by Crippen LogP contribution is -2.22. The average Bonchev–Trinajstić information content (AvgIpc) is 2.78. The van der Waals surface area contributed by atoms with E-state index < -0.39 is 17.3 Å². The molecular formula is C23H13ClF3N3OS. The predicted octanol–water partition coefficient (Wildman–Crippen LogP) is 6.22. The number of nitriles is 1. The minimum Gasteiger partial charge on any atom is -0.268 e. The molecule has 0 fully saturated rings. The van der Waals surface area contributed by atoms with Gasteiger partial charge in [0.15, 0.2) is 5.16 Å². The molecule has 0 saturated heterocycles. The summed E-state index contributed by atoms with van der Waals surface area (Å²) in [6.45, 7) is 0. The number of benzene rings is 3. The minimum absolute atomic E-state index is 0.00240. The maximum absolute atomic E-state index is 13.3. The summed E-state index contributed by atoms with van der Waals surface area (Å²) >= 11 is 7.42. The van der Waals surface area contributed by atoms with Gasteiger partial charge in [0.25, 0.3) is 5.56 Å². The summed E-state index contributed by atoms with van der Waals surface area (Å²) in [5, 5.41) is 9.41. The fraction of sp³-hybridized carbons (Fsp3) is 0.0870. The molecule has 0 aliphatic heterocycles. The highest BCUT2D eigenvalue weighted by Crippen LogP contribution is 2.34. The van der Waals surface area contributed by atoms with Gasteiger partial charge < -0.3 is 0 Å². The van der Waals surface area contributed by atoms with E-state index in [0.29, 0.717) is 16.8 Å². The fourth-order valence-corrected chi connectivity index (χ4v) is 4.27. The van der Waals surface area contributed by atoms with Crippen LogP contribution in [-0.4, -0.2) is 9.55 Å². The molecule has 0 saturated carbocycles. The normalized spacial score (nSPS) is 11.5. The zero-order chi connectivity index (χ0) is 22.9. The minimum atomic E-state index is -4.59. The zero-order valence-electron chi connectivity index (χ0n) is 16.2. The van der Waals surface area contributed by atoms with Gasteiger partial charge in [-0.3, -0.25) is 9.36 Å². The van der Waals surface area contributed by atoms with Crippen LogP contribution in [0.5, 0.6) is 0 Å². The molecule has 1 aromatic heterocycles. The van der Waals surface area contributed by atoms with E-state index in [9.17, 15) is 18.0 Å². The number of fused-ring (bicyclic) bond motifs is 1. The number of para-hydroxylation sites is 1. The van der Waals surface area contributed by atoms with Gasteiger partial charge in [0.1, 0.15) is 0 Å². The third-order valence-electron chi connectivity index (χ3n) is 4.71. The van der Waals surface area contributed by atoms with E-state index in [1.165, 1.54) is 11.8 Å². The van der Waals surface area contributed by atoms with Gasteiger partial charge in [0.2, 0.25) is 0 Å². The molecule has 0 atom stereocenters. The Kier molecular flexibility index (Phi) is 5.96. The highest BCUT2D eigenvalue weighted by molar-refractivity contribution is 7.98. The Morgan fingerprint density at radius 1 is 1.06 bits per heavy atom. The van der Waals surface area contributed by atoms with Crippen molar-refractivity contribution >= 4 is 34.3 Å². The van der Waals surface area contributed by atoms with Crippen LogP contribution in [0.25, 0.3) is 16.6 Å². The molecule has 0 N–H and O–H groups in total. The van der Waals surface area contributed by atoms with Crippen molar-refractivity contribution in [3.63, 3.8) is 0 Å². The van der Waals surface area contributed by atoms with Crippen molar-refractivity contribution in [1.82, 2.24) is 9.55 Å². The quantitative estimate of drug-likeness (QED) is 0.262. The first-order valence-electron chi connectivity index (χ1n) is 9.28. The van der Waals surface area contributed by atoms with Gasteiger partial charge >= 0.3 is 6.18 Å². The number of aromatic nitrogens is 2. The number of thioether (sulfide) groups is 1. The van der Waals surface area contributed by atoms with Crippen molar-refractivity contribution in [2.24, 2.45) is 0 Å². The average molecular weight is 472 g/mol. The van der Waals surface area contributed by atoms with Crippen molar-refractivity contribution in [1.29, 1.82) is 5.26 Å². The molecule has 0 aliphatic rings. The second-order valence-electron chi connectivity index (χ2n) is 6.81. The number of hydrogen-bond donors (Lipinski definition) is 0. The van der Waals surface area contributed by atoms with Crippen LogP contribution in [0.1, 0.15) is 16.7 Å². The van der Waals surface area contributed by atoms with E-state index >= 15 is 0 Å². The SMILES string of the molecule is N#Cc1ccc(CSc2nc3ccccc3c(=O)n2-c2cc(C(F)(F)F)ccc2Cl)cc1. The molecule has 0 radical (unpaired) electrons. The van der Waals surface area contributed by atoms with Gasteiger partial charge in [-0.1, -0.05) is 47.6 Å². The van der Waals surface area contributed by atoms with Gasteiger partial charge in [0.05, 0.1) is 38.8 Å². The highest BCUT2D eigenvalue weighted by atomic mass is 35.5. The lowest BCUT2D eigenvalue weighted by atomic mass is 10.2. The molecular weight excluding hydrogens is 459 g/mol. The van der Waals surface area contributed by atoms with Gasteiger partial charge in [-0.05, 0) is 48.0 Å². The van der Waals surface area contributed by atoms with Crippen molar-refractivity contribution in [2.45, 2.75) is 17.1 Å². The summed E-state index contributed by atoms with van der Waals surface area (Å²) in [5.74, 6) is 0.382. The van der Waals surface area contributed by atoms with Crippen molar-refractivity contribution < 1.29 is 13.2 Å². The molecule has 4 rings (SSSR count). The Morgan fingerprint density at radius 2 is 1.78 bits per heavy atom. The topological polar surface area (TPSA) is 58.7 Å². The third kappa shape index (κ3) is 4.35. The summed E-state index contributed by atoms with van der Waals surface area (Å²) in [7, 11) is 0. The van der Waals surface area contributed by atoms with Crippen LogP contribution in [0.15, 0.2) is 76.7 Å². The van der Waals surface area contributed by atoms with Gasteiger partial charge in [-0.15, -0.1) is 0 Å². The van der Waals surface area contributed by atoms with Crippen LogP contribution in [0.3, 0.4) is 0 Å². The first kappa shape index (κ1) is 21.9. The largest absolute Gasteiger partial charge is 0.416 e. The Hall–Kier alpha value is -3.28. The summed E-state index contributed by atoms with van der Waals surface area (Å²) < 4.78 is 41.1. The number of rotatable bonds is 4. The molecule has 3 aromatic carbocycles. The Morgan fingerprint density at radius 3 is 2.47 bits per heavy atom. The molecule has 1 heterocycles. The van der Waals surface area contributed by atoms with Gasteiger partial charge in [-0.25, -0.2) is 4.98 Å². The van der Waals surface area contributed by atoms with Crippen LogP contribution in [-0.2, 0) is 11.9 Å². The number of alkyl halides is 3. The lowest BCUT2D eigenvalue weighted by molar-refractivity contribution is -0.137. The number of nitrogens with zero attached hydrogens (tertiary/aromatic N) is 3. The molecule has 32 heavy (non-hydrogen) atoms. The van der Waals surface area contributed by atoms with E-state index in [4.69, 9.17) is 16.9 Å². The number of hydrogen-bond acceptors (Lipinski definition) is 4. The van der Waals surface area contributed by atoms with Crippen molar-refractivity contribution in [3.05, 3.63) is 98.8 Å². The number of halogens is 4. The second-order valence-corrected chi connectivity index (χ2v) is 8.16. The zero-order valence-corrected chi connectivity index (χ0v) is 17.8. The van der Waals surface area contributed by atoms with E-state index in [-0.39, 0.29) is 21.3 Å².